The van der Waals surface area contributed by atoms with Crippen molar-refractivity contribution in [3.05, 3.63) is 110 Å². The summed E-state index contributed by atoms with van der Waals surface area (Å²) in [6.45, 7) is 0.567. The van der Waals surface area contributed by atoms with Gasteiger partial charge in [0.05, 0.1) is 13.2 Å². The van der Waals surface area contributed by atoms with Gasteiger partial charge in [0.2, 0.25) is 5.90 Å². The predicted molar refractivity (Wildman–Crippen MR) is 158 cm³/mol. The monoisotopic (exact) mass is 618 g/mol. The molecule has 0 bridgehead atoms. The maximum Gasteiger partial charge on any atom is 0.266 e. The van der Waals surface area contributed by atoms with Gasteiger partial charge in [-0.15, -0.1) is 0 Å². The number of aliphatic hydroxyl groups excluding tert-OH is 1. The van der Waals surface area contributed by atoms with Crippen molar-refractivity contribution in [2.45, 2.75) is 49.9 Å². The molecule has 10 nitrogen and oxygen atoms in total. The largest absolute Gasteiger partial charge is 0.494 e. The van der Waals surface area contributed by atoms with Crippen molar-refractivity contribution >= 4 is 27.7 Å². The van der Waals surface area contributed by atoms with Crippen molar-refractivity contribution in [1.29, 1.82) is 0 Å². The maximum absolute atomic E-state index is 14.2. The number of ether oxygens (including phenoxy) is 2. The molecule has 1 heterocycles. The molecule has 212 valence electrons. The van der Waals surface area contributed by atoms with Gasteiger partial charge in [-0.05, 0) is 65.4 Å². The van der Waals surface area contributed by atoms with E-state index in [1.54, 1.807) is 0 Å². The van der Waals surface area contributed by atoms with Crippen molar-refractivity contribution in [3.63, 3.8) is 0 Å². The number of nitrogens with zero attached hydrogens (tertiary/aromatic N) is 4. The number of aliphatic imine (C=N–C) groups is 1. The van der Waals surface area contributed by atoms with Gasteiger partial charge in [0.25, 0.3) is 5.91 Å². The van der Waals surface area contributed by atoms with Gasteiger partial charge < -0.3 is 14.6 Å². The van der Waals surface area contributed by atoms with E-state index >= 15 is 0 Å². The summed E-state index contributed by atoms with van der Waals surface area (Å²) in [5.74, 6) is 0.662. The van der Waals surface area contributed by atoms with Gasteiger partial charge in [-0.3, -0.25) is 10.2 Å². The quantitative estimate of drug-likeness (QED) is 0.0783. The average Bonchev–Trinajstić information content (AvgIpc) is 3.75. The van der Waals surface area contributed by atoms with Crippen LogP contribution in [0.5, 0.6) is 5.75 Å². The van der Waals surface area contributed by atoms with E-state index in [0.29, 0.717) is 30.2 Å². The second-order valence-electron chi connectivity index (χ2n) is 10.0. The summed E-state index contributed by atoms with van der Waals surface area (Å²) in [6.07, 6.45) is 1.97. The molecule has 11 heteroatoms. The molecule has 0 aromatic heterocycles. The number of carbonyl (C=O) groups excluding carboxylic acids is 1. The Bertz CT molecular complexity index is 1460. The lowest BCUT2D eigenvalue weighted by Gasteiger charge is -2.32. The number of carbonyl (C=O) groups is 1. The van der Waals surface area contributed by atoms with Gasteiger partial charge in [0, 0.05) is 40.4 Å². The lowest BCUT2D eigenvalue weighted by molar-refractivity contribution is -0.130. The summed E-state index contributed by atoms with van der Waals surface area (Å²) in [5.41, 5.74) is 16.7. The van der Waals surface area contributed by atoms with Crippen LogP contribution in [0.4, 0.5) is 0 Å². The first kappa shape index (κ1) is 28.6. The molecule has 0 saturated heterocycles. The minimum atomic E-state index is -1.39. The number of benzene rings is 3. The standard InChI is InChI=1S/C30H31BrN6O4/c31-26-9-4-2-6-21(26)18-30(29(39)36-35-23-12-13-23)27(25-8-3-1-7-22(25)19-33-37-32)41-28(34-30)20-10-14-24(15-11-20)40-17-5-16-38/h1-4,6-11,14-15,23,27,35,38H,5,12-13,16-19H2,(H,36,39)/t27-,30-/m0/s1. The normalized spacial score (nSPS) is 19.6. The van der Waals surface area contributed by atoms with Crippen molar-refractivity contribution in [2.24, 2.45) is 10.1 Å². The van der Waals surface area contributed by atoms with Gasteiger partial charge >= 0.3 is 0 Å². The van der Waals surface area contributed by atoms with Gasteiger partial charge in [-0.2, -0.15) is 0 Å². The summed E-state index contributed by atoms with van der Waals surface area (Å²) in [5, 5.41) is 12.8. The predicted octanol–water partition coefficient (Wildman–Crippen LogP) is 5.30. The molecule has 0 radical (unpaired) electrons. The number of nitrogens with one attached hydrogen (secondary N) is 2. The van der Waals surface area contributed by atoms with Crippen LogP contribution in [0, 0.1) is 0 Å². The number of hydrogen-bond acceptors (Lipinski definition) is 7. The molecule has 0 spiro atoms. The molecule has 3 N–H and O–H groups in total. The third kappa shape index (κ3) is 6.71. The summed E-state index contributed by atoms with van der Waals surface area (Å²) in [4.78, 5) is 22.2. The lowest BCUT2D eigenvalue weighted by Crippen LogP contribution is -2.54. The number of amides is 1. The molecule has 1 saturated carbocycles. The molecular weight excluding hydrogens is 588 g/mol. The Morgan fingerprint density at radius 3 is 2.56 bits per heavy atom. The molecule has 1 aliphatic carbocycles. The topological polar surface area (TPSA) is 141 Å². The zero-order valence-corrected chi connectivity index (χ0v) is 24.0. The maximum atomic E-state index is 14.2. The molecule has 1 amide bonds. The van der Waals surface area contributed by atoms with E-state index in [1.807, 2.05) is 72.8 Å². The molecule has 2 atom stereocenters. The second kappa shape index (κ2) is 13.2. The molecule has 0 unspecified atom stereocenters. The highest BCUT2D eigenvalue weighted by molar-refractivity contribution is 9.10. The van der Waals surface area contributed by atoms with E-state index in [4.69, 9.17) is 25.1 Å². The molecule has 3 aromatic rings. The van der Waals surface area contributed by atoms with Crippen molar-refractivity contribution in [3.8, 4) is 5.75 Å². The minimum Gasteiger partial charge on any atom is -0.494 e. The van der Waals surface area contributed by atoms with Crippen LogP contribution in [-0.4, -0.2) is 41.7 Å². The van der Waals surface area contributed by atoms with Gasteiger partial charge in [-0.25, -0.2) is 10.4 Å². The molecule has 41 heavy (non-hydrogen) atoms. The summed E-state index contributed by atoms with van der Waals surface area (Å²) < 4.78 is 13.1. The lowest BCUT2D eigenvalue weighted by atomic mass is 9.80. The second-order valence-corrected chi connectivity index (χ2v) is 10.9. The van der Waals surface area contributed by atoms with Crippen LogP contribution in [0.15, 0.2) is 87.4 Å². The van der Waals surface area contributed by atoms with Crippen LogP contribution >= 0.6 is 15.9 Å². The Kier molecular flexibility index (Phi) is 9.21. The zero-order valence-electron chi connectivity index (χ0n) is 22.4. The van der Waals surface area contributed by atoms with E-state index in [9.17, 15) is 4.79 Å². The first-order valence-corrected chi connectivity index (χ1v) is 14.3. The van der Waals surface area contributed by atoms with Crippen molar-refractivity contribution in [1.82, 2.24) is 10.9 Å². The van der Waals surface area contributed by atoms with Gasteiger partial charge in [-0.1, -0.05) is 63.5 Å². The number of rotatable bonds is 13. The summed E-state index contributed by atoms with van der Waals surface area (Å²) >= 11 is 3.65. The third-order valence-electron chi connectivity index (χ3n) is 7.06. The zero-order chi connectivity index (χ0) is 28.7. The fraction of sp³-hybridized carbons (Fsp3) is 0.333. The van der Waals surface area contributed by atoms with Crippen LogP contribution in [0.2, 0.25) is 0 Å². The van der Waals surface area contributed by atoms with Gasteiger partial charge in [0.1, 0.15) is 5.75 Å². The van der Waals surface area contributed by atoms with Crippen LogP contribution in [0.25, 0.3) is 10.4 Å². The fourth-order valence-corrected chi connectivity index (χ4v) is 5.16. The minimum absolute atomic E-state index is 0.0581. The Labute approximate surface area is 246 Å². The van der Waals surface area contributed by atoms with E-state index in [-0.39, 0.29) is 31.5 Å². The smallest absolute Gasteiger partial charge is 0.266 e. The van der Waals surface area contributed by atoms with Gasteiger partial charge in [0.15, 0.2) is 11.6 Å². The Morgan fingerprint density at radius 2 is 1.85 bits per heavy atom. The van der Waals surface area contributed by atoms with Crippen molar-refractivity contribution in [2.75, 3.05) is 13.2 Å². The summed E-state index contributed by atoms with van der Waals surface area (Å²) in [7, 11) is 0. The number of halogens is 1. The highest BCUT2D eigenvalue weighted by Crippen LogP contribution is 2.44. The number of hydrogen-bond donors (Lipinski definition) is 3. The van der Waals surface area contributed by atoms with Crippen LogP contribution in [0.3, 0.4) is 0 Å². The van der Waals surface area contributed by atoms with E-state index in [1.165, 1.54) is 0 Å². The van der Waals surface area contributed by atoms with E-state index < -0.39 is 11.6 Å². The molecule has 2 aliphatic rings. The number of azide groups is 1. The van der Waals surface area contributed by atoms with Crippen LogP contribution in [0.1, 0.15) is 47.6 Å². The van der Waals surface area contributed by atoms with Crippen LogP contribution in [-0.2, 0) is 22.5 Å². The first-order chi connectivity index (χ1) is 20.0. The number of hydrazine groups is 1. The Hall–Kier alpha value is -3.89. The SMILES string of the molecule is [N-]=[N+]=NCc1ccccc1[C@@H]1OC(c2ccc(OCCCO)cc2)=N[C@]1(Cc1ccccc1Br)C(=O)NNC1CC1. The molecule has 1 fully saturated rings. The Balaban J connectivity index is 1.59. The van der Waals surface area contributed by atoms with Crippen LogP contribution < -0.4 is 15.6 Å². The molecule has 1 aliphatic heterocycles. The van der Waals surface area contributed by atoms with Crippen molar-refractivity contribution < 1.29 is 19.4 Å². The average molecular weight is 620 g/mol. The molecule has 5 rings (SSSR count). The number of aliphatic hydroxyl groups is 1. The first-order valence-electron chi connectivity index (χ1n) is 13.5. The molecular formula is C30H31BrN6O4. The third-order valence-corrected chi connectivity index (χ3v) is 7.83. The molecule has 3 aromatic carbocycles. The highest BCUT2D eigenvalue weighted by atomic mass is 79.9. The highest BCUT2D eigenvalue weighted by Gasteiger charge is 2.54. The van der Waals surface area contributed by atoms with E-state index in [2.05, 4.69) is 36.8 Å². The Morgan fingerprint density at radius 1 is 1.12 bits per heavy atom. The summed E-state index contributed by atoms with van der Waals surface area (Å²) in [6, 6.07) is 22.8. The fourth-order valence-electron chi connectivity index (χ4n) is 4.74. The van der Waals surface area contributed by atoms with E-state index in [0.717, 1.165) is 34.0 Å².